The third-order valence-electron chi connectivity index (χ3n) is 7.03. The number of halogens is 9. The molecule has 0 unspecified atom stereocenters. The van der Waals surface area contributed by atoms with Crippen molar-refractivity contribution >= 4 is 69.6 Å². The number of hydrogen-bond donors (Lipinski definition) is 3. The first-order valence-electron chi connectivity index (χ1n) is 15.5. The van der Waals surface area contributed by atoms with Crippen LogP contribution in [0, 0.1) is 24.4 Å². The van der Waals surface area contributed by atoms with E-state index in [1.807, 2.05) is 13.8 Å². The molecule has 1 aliphatic rings. The first-order chi connectivity index (χ1) is 24.2. The molecule has 0 saturated carbocycles. The first kappa shape index (κ1) is 42.0. The number of carbonyl (C=O) groups is 2. The second-order valence-corrected chi connectivity index (χ2v) is 13.1. The number of anilines is 4. The number of benzene rings is 3. The molecule has 1 fully saturated rings. The highest BCUT2D eigenvalue weighted by Crippen LogP contribution is 2.33. The number of nitrogen functional groups attached to an aromatic ring is 1. The number of aromatic nitrogens is 1. The molecule has 280 valence electrons. The maximum Gasteiger partial charge on any atom is 0.416 e. The Hall–Kier alpha value is -4.40. The maximum absolute atomic E-state index is 13.6. The van der Waals surface area contributed by atoms with Crippen LogP contribution in [0.3, 0.4) is 0 Å². The van der Waals surface area contributed by atoms with Gasteiger partial charge in [0.2, 0.25) is 0 Å². The minimum atomic E-state index is -4.65. The molecule has 0 radical (unpaired) electrons. The molecule has 52 heavy (non-hydrogen) atoms. The van der Waals surface area contributed by atoms with E-state index in [0.29, 0.717) is 17.4 Å². The number of urea groups is 1. The summed E-state index contributed by atoms with van der Waals surface area (Å²) < 4.78 is 78.3. The van der Waals surface area contributed by atoms with E-state index in [1.165, 1.54) is 48.2 Å². The molecule has 0 spiro atoms. The monoisotopic (exact) mass is 790 g/mol. The van der Waals surface area contributed by atoms with E-state index in [0.717, 1.165) is 28.8 Å². The number of nitrogens with zero attached hydrogens (tertiary/aromatic N) is 3. The van der Waals surface area contributed by atoms with Gasteiger partial charge in [0.15, 0.2) is 0 Å². The third-order valence-corrected chi connectivity index (χ3v) is 7.90. The quantitative estimate of drug-likeness (QED) is 0.133. The normalized spacial score (nSPS) is 14.0. The van der Waals surface area contributed by atoms with Crippen LogP contribution < -0.4 is 26.2 Å². The smallest absolute Gasteiger partial charge is 0.399 e. The van der Waals surface area contributed by atoms with E-state index < -0.39 is 47.4 Å². The van der Waals surface area contributed by atoms with Crippen molar-refractivity contribution in [3.8, 4) is 0 Å². The van der Waals surface area contributed by atoms with Crippen LogP contribution in [0.15, 0.2) is 66.7 Å². The van der Waals surface area contributed by atoms with Crippen LogP contribution in [-0.2, 0) is 11.0 Å². The Kier molecular flexibility index (Phi) is 14.5. The van der Waals surface area contributed by atoms with Gasteiger partial charge in [-0.1, -0.05) is 34.8 Å². The summed E-state index contributed by atoms with van der Waals surface area (Å²) in [5.74, 6) is -2.35. The number of amides is 3. The van der Waals surface area contributed by atoms with Crippen LogP contribution in [0.25, 0.3) is 0 Å². The molecule has 4 aromatic rings. The highest BCUT2D eigenvalue weighted by Gasteiger charge is 2.42. The topological polar surface area (TPSA) is 104 Å². The van der Waals surface area contributed by atoms with Gasteiger partial charge in [-0.15, -0.1) is 0 Å². The van der Waals surface area contributed by atoms with Crippen molar-refractivity contribution < 1.29 is 35.9 Å². The summed E-state index contributed by atoms with van der Waals surface area (Å²) in [7, 11) is 0. The second kappa shape index (κ2) is 17.9. The summed E-state index contributed by atoms with van der Waals surface area (Å²) in [5.41, 5.74) is 5.95. The largest absolute Gasteiger partial charge is 0.416 e. The van der Waals surface area contributed by atoms with Gasteiger partial charge in [-0.05, 0) is 101 Å². The Morgan fingerprint density at radius 2 is 1.46 bits per heavy atom. The zero-order valence-corrected chi connectivity index (χ0v) is 30.7. The zero-order chi connectivity index (χ0) is 39.1. The van der Waals surface area contributed by atoms with E-state index in [4.69, 9.17) is 40.5 Å². The minimum Gasteiger partial charge on any atom is -0.399 e. The van der Waals surface area contributed by atoms with Gasteiger partial charge < -0.3 is 21.3 Å². The van der Waals surface area contributed by atoms with Crippen molar-refractivity contribution in [2.24, 2.45) is 0 Å². The van der Waals surface area contributed by atoms with Crippen molar-refractivity contribution in [2.45, 2.75) is 58.9 Å². The molecule has 1 aromatic heterocycles. The molecular formula is C35H35Cl3F6N6O2. The molecule has 0 bridgehead atoms. The van der Waals surface area contributed by atoms with Gasteiger partial charge in [0.25, 0.3) is 5.91 Å². The van der Waals surface area contributed by atoms with Gasteiger partial charge in [0, 0.05) is 41.4 Å². The summed E-state index contributed by atoms with van der Waals surface area (Å²) in [6.07, 6.45) is -4.65. The third kappa shape index (κ3) is 11.3. The molecule has 3 amide bonds. The van der Waals surface area contributed by atoms with Crippen LogP contribution in [0.5, 0.6) is 0 Å². The Labute approximate surface area is 311 Å². The zero-order valence-electron chi connectivity index (χ0n) is 28.4. The average molecular weight is 792 g/mol. The molecule has 2 heterocycles. The van der Waals surface area contributed by atoms with Gasteiger partial charge in [-0.25, -0.2) is 22.9 Å². The number of pyridine rings is 1. The lowest BCUT2D eigenvalue weighted by atomic mass is 10.1. The van der Waals surface area contributed by atoms with Gasteiger partial charge in [0.05, 0.1) is 20.6 Å². The number of carbonyl (C=O) groups excluding carboxylic acids is 2. The van der Waals surface area contributed by atoms with Gasteiger partial charge in [-0.3, -0.25) is 9.69 Å². The Bertz CT molecular complexity index is 1900. The van der Waals surface area contributed by atoms with Gasteiger partial charge >= 0.3 is 12.2 Å². The van der Waals surface area contributed by atoms with E-state index in [9.17, 15) is 35.9 Å². The molecule has 1 atom stereocenters. The molecule has 1 aliphatic heterocycles. The van der Waals surface area contributed by atoms with Gasteiger partial charge in [0.1, 0.15) is 29.3 Å². The summed E-state index contributed by atoms with van der Waals surface area (Å²) in [5, 5.41) is 5.62. The molecule has 0 aliphatic carbocycles. The van der Waals surface area contributed by atoms with Crippen molar-refractivity contribution in [1.29, 1.82) is 0 Å². The molecule has 5 rings (SSSR count). The Morgan fingerprint density at radius 3 is 1.96 bits per heavy atom. The standard InChI is InChI=1S/C20H19ClF4N4O2.C9H11ClFN.C6H5ClFN/c1-10(2)28(13-4-5-15(22)14(21)8-13)18(30)16-9-26-19(31)29(16)17-7-12(20(23,24)25)6-11(3)27-17;1-6(2)12-7-3-4-9(11)8(10)5-7;7-5-3-4(9)1-2-6(5)8/h4-8,10,16H,9H2,1-3H3,(H,26,31);3-6,12H,1-2H3;1-3H,9H2/t16-;;/m0../s1. The number of rotatable bonds is 6. The number of nitrogens with two attached hydrogens (primary N) is 1. The second-order valence-electron chi connectivity index (χ2n) is 11.9. The number of alkyl halides is 3. The fourth-order valence-corrected chi connectivity index (χ4v) is 5.35. The molecule has 8 nitrogen and oxygen atoms in total. The van der Waals surface area contributed by atoms with Crippen molar-refractivity contribution in [3.63, 3.8) is 0 Å². The lowest BCUT2D eigenvalue weighted by molar-refractivity contribution is -0.137. The fourth-order valence-electron chi connectivity index (χ4n) is 4.81. The van der Waals surface area contributed by atoms with Crippen molar-refractivity contribution in [2.75, 3.05) is 27.4 Å². The Balaban J connectivity index is 0.000000281. The predicted molar refractivity (Wildman–Crippen MR) is 194 cm³/mol. The number of nitrogens with one attached hydrogen (secondary N) is 2. The van der Waals surface area contributed by atoms with E-state index in [-0.39, 0.29) is 38.9 Å². The van der Waals surface area contributed by atoms with Crippen LogP contribution >= 0.6 is 34.8 Å². The van der Waals surface area contributed by atoms with Crippen molar-refractivity contribution in [3.05, 3.63) is 111 Å². The Morgan fingerprint density at radius 1 is 0.904 bits per heavy atom. The highest BCUT2D eigenvalue weighted by molar-refractivity contribution is 6.31. The lowest BCUT2D eigenvalue weighted by Gasteiger charge is -2.32. The van der Waals surface area contributed by atoms with Crippen LogP contribution in [0.1, 0.15) is 39.0 Å². The molecule has 17 heteroatoms. The number of hydrogen-bond acceptors (Lipinski definition) is 5. The first-order valence-corrected chi connectivity index (χ1v) is 16.7. The van der Waals surface area contributed by atoms with Crippen molar-refractivity contribution in [1.82, 2.24) is 10.3 Å². The van der Waals surface area contributed by atoms with E-state index >= 15 is 0 Å². The van der Waals surface area contributed by atoms with E-state index in [1.54, 1.807) is 26.0 Å². The maximum atomic E-state index is 13.6. The average Bonchev–Trinajstić information content (AvgIpc) is 3.43. The molecule has 3 aromatic carbocycles. The summed E-state index contributed by atoms with van der Waals surface area (Å²) >= 11 is 16.8. The number of aryl methyl sites for hydroxylation is 1. The van der Waals surface area contributed by atoms with Crippen LogP contribution in [-0.4, -0.2) is 41.6 Å². The predicted octanol–water partition coefficient (Wildman–Crippen LogP) is 9.90. The molecule has 1 saturated heterocycles. The molecule has 4 N–H and O–H groups in total. The highest BCUT2D eigenvalue weighted by atomic mass is 35.5. The van der Waals surface area contributed by atoms with Crippen LogP contribution in [0.2, 0.25) is 15.1 Å². The van der Waals surface area contributed by atoms with Crippen LogP contribution in [0.4, 0.5) is 54.0 Å². The lowest BCUT2D eigenvalue weighted by Crippen LogP contribution is -2.50. The van der Waals surface area contributed by atoms with E-state index in [2.05, 4.69) is 15.6 Å². The summed E-state index contributed by atoms with van der Waals surface area (Å²) in [6, 6.07) is 12.0. The molecular weight excluding hydrogens is 757 g/mol. The summed E-state index contributed by atoms with van der Waals surface area (Å²) in [6.45, 7) is 8.67. The SMILES string of the molecule is CC(C)Nc1ccc(F)c(Cl)c1.Cc1cc(C(F)(F)F)cc(N2C(=O)NC[C@H]2C(=O)N(c2ccc(F)c(Cl)c2)C(C)C)n1.Nc1ccc(F)c(Cl)c1. The summed E-state index contributed by atoms with van der Waals surface area (Å²) in [4.78, 5) is 32.1. The minimum absolute atomic E-state index is 0.0433. The van der Waals surface area contributed by atoms with Gasteiger partial charge in [-0.2, -0.15) is 13.2 Å². The fraction of sp³-hybridized carbons (Fsp3) is 0.286.